The normalized spacial score (nSPS) is 26.2. The van der Waals surface area contributed by atoms with Crippen LogP contribution in [0.4, 0.5) is 0 Å². The van der Waals surface area contributed by atoms with Crippen molar-refractivity contribution < 1.29 is 9.84 Å². The molecule has 5 nitrogen and oxygen atoms in total. The summed E-state index contributed by atoms with van der Waals surface area (Å²) in [6.07, 6.45) is 6.58. The summed E-state index contributed by atoms with van der Waals surface area (Å²) in [6, 6.07) is 0.713. The van der Waals surface area contributed by atoms with Crippen LogP contribution in [0.15, 0.2) is 16.4 Å². The molecule has 5 N–H and O–H groups in total. The van der Waals surface area contributed by atoms with Gasteiger partial charge in [-0.1, -0.05) is 0 Å². The predicted molar refractivity (Wildman–Crippen MR) is 73.3 cm³/mol. The van der Waals surface area contributed by atoms with Gasteiger partial charge in [-0.05, 0) is 32.6 Å². The number of hydrogen-bond acceptors (Lipinski definition) is 5. The van der Waals surface area contributed by atoms with Gasteiger partial charge in [-0.3, -0.25) is 4.99 Å². The van der Waals surface area contributed by atoms with Crippen LogP contribution in [0.1, 0.15) is 39.0 Å². The number of hydrogen-bond donors (Lipinski definition) is 3. The van der Waals surface area contributed by atoms with Gasteiger partial charge in [0, 0.05) is 30.9 Å². The molecule has 18 heavy (non-hydrogen) atoms. The van der Waals surface area contributed by atoms with E-state index >= 15 is 0 Å². The second kappa shape index (κ2) is 8.11. The highest BCUT2D eigenvalue weighted by Gasteiger charge is 2.16. The SMILES string of the molecule is C/C(C=NC1CCC(N)CC1)=C(/N)OCCCO. The fraction of sp³-hybridized carbons (Fsp3) is 0.769. The fourth-order valence-electron chi connectivity index (χ4n) is 1.89. The average molecular weight is 255 g/mol. The average Bonchev–Trinajstić information content (AvgIpc) is 2.38. The summed E-state index contributed by atoms with van der Waals surface area (Å²) >= 11 is 0. The minimum atomic E-state index is 0.114. The van der Waals surface area contributed by atoms with E-state index in [1.54, 1.807) is 6.21 Å². The minimum absolute atomic E-state index is 0.114. The molecule has 5 heteroatoms. The van der Waals surface area contributed by atoms with E-state index in [4.69, 9.17) is 21.3 Å². The third kappa shape index (κ3) is 5.51. The van der Waals surface area contributed by atoms with Gasteiger partial charge in [0.2, 0.25) is 0 Å². The Morgan fingerprint density at radius 3 is 2.67 bits per heavy atom. The van der Waals surface area contributed by atoms with E-state index in [9.17, 15) is 0 Å². The zero-order chi connectivity index (χ0) is 13.4. The number of nitrogens with two attached hydrogens (primary N) is 2. The maximum atomic E-state index is 8.64. The molecule has 0 saturated heterocycles. The first-order chi connectivity index (χ1) is 8.63. The number of aliphatic hydroxyl groups excluding tert-OH is 1. The Hall–Kier alpha value is -1.07. The Kier molecular flexibility index (Phi) is 6.75. The summed E-state index contributed by atoms with van der Waals surface area (Å²) in [6.45, 7) is 2.43. The summed E-state index contributed by atoms with van der Waals surface area (Å²) in [4.78, 5) is 4.52. The Balaban J connectivity index is 2.37. The van der Waals surface area contributed by atoms with Crippen molar-refractivity contribution in [3.63, 3.8) is 0 Å². The maximum absolute atomic E-state index is 8.64. The summed E-state index contributed by atoms with van der Waals surface area (Å²) in [5.41, 5.74) is 12.4. The summed E-state index contributed by atoms with van der Waals surface area (Å²) < 4.78 is 5.29. The van der Waals surface area contributed by atoms with Crippen LogP contribution in [0.3, 0.4) is 0 Å². The van der Waals surface area contributed by atoms with E-state index < -0.39 is 0 Å². The Morgan fingerprint density at radius 2 is 2.06 bits per heavy atom. The number of allylic oxidation sites excluding steroid dienone is 1. The molecule has 0 heterocycles. The number of aliphatic hydroxyl groups is 1. The van der Waals surface area contributed by atoms with Gasteiger partial charge in [0.15, 0.2) is 5.88 Å². The van der Waals surface area contributed by atoms with Crippen LogP contribution in [0.25, 0.3) is 0 Å². The lowest BCUT2D eigenvalue weighted by Crippen LogP contribution is -2.28. The van der Waals surface area contributed by atoms with Crippen molar-refractivity contribution in [1.29, 1.82) is 0 Å². The number of nitrogens with zero attached hydrogens (tertiary/aromatic N) is 1. The molecule has 0 bridgehead atoms. The second-order valence-corrected chi connectivity index (χ2v) is 4.82. The molecule has 0 atom stereocenters. The topological polar surface area (TPSA) is 93.9 Å². The Morgan fingerprint density at radius 1 is 1.39 bits per heavy atom. The van der Waals surface area contributed by atoms with Gasteiger partial charge in [0.05, 0.1) is 12.6 Å². The van der Waals surface area contributed by atoms with Crippen LogP contribution in [0.5, 0.6) is 0 Å². The van der Waals surface area contributed by atoms with E-state index in [0.29, 0.717) is 31.0 Å². The van der Waals surface area contributed by atoms with Crippen molar-refractivity contribution in [2.45, 2.75) is 51.1 Å². The molecule has 0 aromatic heterocycles. The molecule has 1 aliphatic rings. The van der Waals surface area contributed by atoms with Crippen LogP contribution in [-0.2, 0) is 4.74 Å². The standard InChI is InChI=1S/C13H25N3O2/c1-10(13(15)18-8-2-7-17)9-16-12-5-3-11(14)4-6-12/h9,11-12,17H,2-8,14-15H2,1H3/b13-10+,16-9?. The molecular formula is C13H25N3O2. The maximum Gasteiger partial charge on any atom is 0.188 e. The van der Waals surface area contributed by atoms with Gasteiger partial charge in [-0.2, -0.15) is 0 Å². The molecule has 0 aliphatic heterocycles. The molecule has 1 aliphatic carbocycles. The van der Waals surface area contributed by atoms with Crippen molar-refractivity contribution in [3.8, 4) is 0 Å². The highest BCUT2D eigenvalue weighted by molar-refractivity contribution is 5.78. The molecule has 0 unspecified atom stereocenters. The molecule has 104 valence electrons. The van der Waals surface area contributed by atoms with Crippen molar-refractivity contribution in [2.75, 3.05) is 13.2 Å². The third-order valence-electron chi connectivity index (χ3n) is 3.17. The first-order valence-corrected chi connectivity index (χ1v) is 6.62. The predicted octanol–water partition coefficient (Wildman–Crippen LogP) is 0.916. The van der Waals surface area contributed by atoms with Gasteiger partial charge in [0.1, 0.15) is 0 Å². The van der Waals surface area contributed by atoms with Gasteiger partial charge >= 0.3 is 0 Å². The highest BCUT2D eigenvalue weighted by atomic mass is 16.5. The summed E-state index contributed by atoms with van der Waals surface area (Å²) in [5, 5.41) is 8.64. The fourth-order valence-corrected chi connectivity index (χ4v) is 1.89. The molecule has 0 radical (unpaired) electrons. The Labute approximate surface area is 109 Å². The second-order valence-electron chi connectivity index (χ2n) is 4.82. The highest BCUT2D eigenvalue weighted by Crippen LogP contribution is 2.19. The number of ether oxygens (including phenoxy) is 1. The van der Waals surface area contributed by atoms with E-state index in [1.165, 1.54) is 0 Å². The van der Waals surface area contributed by atoms with E-state index in [1.807, 2.05) is 6.92 Å². The van der Waals surface area contributed by atoms with Crippen molar-refractivity contribution in [2.24, 2.45) is 16.5 Å². The van der Waals surface area contributed by atoms with Gasteiger partial charge < -0.3 is 21.3 Å². The lowest BCUT2D eigenvalue weighted by molar-refractivity contribution is 0.173. The van der Waals surface area contributed by atoms with E-state index in [2.05, 4.69) is 4.99 Å². The zero-order valence-electron chi connectivity index (χ0n) is 11.1. The lowest BCUT2D eigenvalue weighted by Gasteiger charge is -2.22. The Bertz CT molecular complexity index is 295. The third-order valence-corrected chi connectivity index (χ3v) is 3.17. The zero-order valence-corrected chi connectivity index (χ0v) is 11.1. The quantitative estimate of drug-likeness (QED) is 0.374. The first-order valence-electron chi connectivity index (χ1n) is 6.62. The van der Waals surface area contributed by atoms with Crippen molar-refractivity contribution >= 4 is 6.21 Å². The lowest BCUT2D eigenvalue weighted by atomic mass is 9.92. The molecule has 0 spiro atoms. The molecular weight excluding hydrogens is 230 g/mol. The van der Waals surface area contributed by atoms with Crippen LogP contribution < -0.4 is 11.5 Å². The van der Waals surface area contributed by atoms with E-state index in [0.717, 1.165) is 31.3 Å². The summed E-state index contributed by atoms with van der Waals surface area (Å²) in [7, 11) is 0. The minimum Gasteiger partial charge on any atom is -0.479 e. The molecule has 0 aromatic carbocycles. The summed E-state index contributed by atoms with van der Waals surface area (Å²) in [5.74, 6) is 0.389. The van der Waals surface area contributed by atoms with Crippen LogP contribution in [0, 0.1) is 0 Å². The van der Waals surface area contributed by atoms with Crippen molar-refractivity contribution in [3.05, 3.63) is 11.5 Å². The molecule has 1 rings (SSSR count). The molecule has 0 amide bonds. The molecule has 1 saturated carbocycles. The van der Waals surface area contributed by atoms with Crippen LogP contribution >= 0.6 is 0 Å². The van der Waals surface area contributed by atoms with Crippen molar-refractivity contribution in [1.82, 2.24) is 0 Å². The van der Waals surface area contributed by atoms with Gasteiger partial charge in [0.25, 0.3) is 0 Å². The first kappa shape index (κ1) is 15.0. The number of aliphatic imine (C=N–C) groups is 1. The van der Waals surface area contributed by atoms with Crippen LogP contribution in [-0.4, -0.2) is 36.6 Å². The van der Waals surface area contributed by atoms with Crippen LogP contribution in [0.2, 0.25) is 0 Å². The van der Waals surface area contributed by atoms with Gasteiger partial charge in [-0.15, -0.1) is 0 Å². The smallest absolute Gasteiger partial charge is 0.188 e. The molecule has 0 aromatic rings. The largest absolute Gasteiger partial charge is 0.479 e. The van der Waals surface area contributed by atoms with E-state index in [-0.39, 0.29) is 6.61 Å². The number of rotatable bonds is 6. The monoisotopic (exact) mass is 255 g/mol. The van der Waals surface area contributed by atoms with Gasteiger partial charge in [-0.25, -0.2) is 0 Å². The molecule has 1 fully saturated rings.